The van der Waals surface area contributed by atoms with E-state index in [2.05, 4.69) is 20.3 Å². The van der Waals surface area contributed by atoms with Crippen molar-refractivity contribution < 1.29 is 27.2 Å². The van der Waals surface area contributed by atoms with Gasteiger partial charge in [-0.3, -0.25) is 9.59 Å². The molecule has 3 fully saturated rings. The molecular formula is C31H29F4N7O2. The van der Waals surface area contributed by atoms with Crippen LogP contribution in [0.4, 0.5) is 34.8 Å². The quantitative estimate of drug-likeness (QED) is 0.320. The van der Waals surface area contributed by atoms with Crippen molar-refractivity contribution in [3.8, 4) is 0 Å². The molecule has 1 aliphatic carbocycles. The lowest BCUT2D eigenvalue weighted by Gasteiger charge is -2.36. The Hall–Kier alpha value is -4.68. The topological polar surface area (TPSA) is 86.1 Å². The van der Waals surface area contributed by atoms with Crippen LogP contribution in [0.5, 0.6) is 0 Å². The van der Waals surface area contributed by atoms with E-state index in [1.54, 1.807) is 34.2 Å². The van der Waals surface area contributed by atoms with Crippen LogP contribution in [0.1, 0.15) is 41.2 Å². The number of hydrogen-bond donors (Lipinski definition) is 1. The number of hydrogen-bond acceptors (Lipinski definition) is 6. The second-order valence-corrected chi connectivity index (χ2v) is 11.5. The Morgan fingerprint density at radius 1 is 0.977 bits per heavy atom. The molecule has 44 heavy (non-hydrogen) atoms. The third-order valence-electron chi connectivity index (χ3n) is 8.59. The minimum Gasteiger partial charge on any atom is -0.368 e. The monoisotopic (exact) mass is 607 g/mol. The lowest BCUT2D eigenvalue weighted by Crippen LogP contribution is -2.51. The molecular weight excluding hydrogens is 578 g/mol. The standard InChI is InChI=1S/C31H29F4N7O2/c32-19-1-6-25(34)23(15-19)26-16-20(33)18-41(26)27-7-10-42-28(38-27)24(17-36-42)29(43)37-21-2-4-22(5-3-21)39-11-13-40(14-12-39)30(44)31(35)8-9-31/h1-7,10,15,17,20,26H,8-9,11-14,16,18H2,(H,37,43)/t20-,26+/m0/s1. The summed E-state index contributed by atoms with van der Waals surface area (Å²) in [5, 5.41) is 7.06. The van der Waals surface area contributed by atoms with Gasteiger partial charge in [-0.2, -0.15) is 5.10 Å². The number of amides is 2. The van der Waals surface area contributed by atoms with Crippen LogP contribution in [0.3, 0.4) is 0 Å². The molecule has 4 heterocycles. The summed E-state index contributed by atoms with van der Waals surface area (Å²) < 4.78 is 58.7. The zero-order valence-corrected chi connectivity index (χ0v) is 23.6. The van der Waals surface area contributed by atoms with Gasteiger partial charge in [-0.15, -0.1) is 0 Å². The Balaban J connectivity index is 1.05. The van der Waals surface area contributed by atoms with Crippen molar-refractivity contribution in [2.24, 2.45) is 0 Å². The smallest absolute Gasteiger partial charge is 0.261 e. The molecule has 1 N–H and O–H groups in total. The summed E-state index contributed by atoms with van der Waals surface area (Å²) in [6.07, 6.45) is 2.28. The second-order valence-electron chi connectivity index (χ2n) is 11.5. The number of fused-ring (bicyclic) bond motifs is 1. The molecule has 0 unspecified atom stereocenters. The Morgan fingerprint density at radius 3 is 2.45 bits per heavy atom. The largest absolute Gasteiger partial charge is 0.368 e. The summed E-state index contributed by atoms with van der Waals surface area (Å²) in [4.78, 5) is 35.4. The van der Waals surface area contributed by atoms with E-state index >= 15 is 0 Å². The maximum absolute atomic E-state index is 14.6. The van der Waals surface area contributed by atoms with Crippen LogP contribution in [-0.4, -0.2) is 75.9 Å². The molecule has 7 rings (SSSR count). The second kappa shape index (κ2) is 10.8. The Kier molecular flexibility index (Phi) is 6.90. The molecule has 228 valence electrons. The number of nitrogens with zero attached hydrogens (tertiary/aromatic N) is 6. The van der Waals surface area contributed by atoms with Gasteiger partial charge in [-0.1, -0.05) is 0 Å². The minimum absolute atomic E-state index is 0.0258. The first-order chi connectivity index (χ1) is 21.2. The van der Waals surface area contributed by atoms with Gasteiger partial charge in [-0.05, 0) is 61.4 Å². The van der Waals surface area contributed by atoms with Gasteiger partial charge in [0.25, 0.3) is 11.8 Å². The van der Waals surface area contributed by atoms with Crippen molar-refractivity contribution in [2.45, 2.75) is 37.1 Å². The van der Waals surface area contributed by atoms with Crippen LogP contribution in [0.15, 0.2) is 60.9 Å². The number of benzene rings is 2. The fourth-order valence-corrected chi connectivity index (χ4v) is 6.01. The van der Waals surface area contributed by atoms with Crippen LogP contribution in [0.25, 0.3) is 5.65 Å². The Bertz CT molecular complexity index is 1730. The summed E-state index contributed by atoms with van der Waals surface area (Å²) in [5.41, 5.74) is 0.255. The molecule has 2 atom stereocenters. The number of aromatic nitrogens is 3. The highest BCUT2D eigenvalue weighted by Crippen LogP contribution is 2.42. The molecule has 2 amide bonds. The van der Waals surface area contributed by atoms with Gasteiger partial charge >= 0.3 is 0 Å². The van der Waals surface area contributed by atoms with Crippen LogP contribution >= 0.6 is 0 Å². The number of alkyl halides is 2. The molecule has 2 aromatic carbocycles. The van der Waals surface area contributed by atoms with E-state index in [1.807, 2.05) is 12.1 Å². The molecule has 0 radical (unpaired) electrons. The lowest BCUT2D eigenvalue weighted by molar-refractivity contribution is -0.138. The van der Waals surface area contributed by atoms with Gasteiger partial charge in [0, 0.05) is 55.7 Å². The number of rotatable bonds is 6. The van der Waals surface area contributed by atoms with Crippen molar-refractivity contribution in [1.82, 2.24) is 19.5 Å². The van der Waals surface area contributed by atoms with Gasteiger partial charge in [0.05, 0.1) is 18.8 Å². The number of anilines is 3. The van der Waals surface area contributed by atoms with Crippen molar-refractivity contribution in [3.63, 3.8) is 0 Å². The van der Waals surface area contributed by atoms with Crippen LogP contribution in [0, 0.1) is 11.6 Å². The minimum atomic E-state index is -1.66. The molecule has 9 nitrogen and oxygen atoms in total. The van der Waals surface area contributed by atoms with Gasteiger partial charge in [0.2, 0.25) is 0 Å². The number of piperazine rings is 1. The van der Waals surface area contributed by atoms with E-state index in [4.69, 9.17) is 0 Å². The van der Waals surface area contributed by atoms with Gasteiger partial charge in [-0.25, -0.2) is 27.1 Å². The fourth-order valence-electron chi connectivity index (χ4n) is 6.01. The molecule has 13 heteroatoms. The van der Waals surface area contributed by atoms with Gasteiger partial charge in [0.1, 0.15) is 29.2 Å². The summed E-state index contributed by atoms with van der Waals surface area (Å²) in [6, 6.07) is 11.2. The average Bonchev–Trinajstić information content (AvgIpc) is 3.45. The molecule has 0 spiro atoms. The highest BCUT2D eigenvalue weighted by Gasteiger charge is 2.53. The normalized spacial score (nSPS) is 21.1. The van der Waals surface area contributed by atoms with E-state index in [9.17, 15) is 27.2 Å². The predicted octanol–water partition coefficient (Wildman–Crippen LogP) is 4.70. The molecule has 1 saturated carbocycles. The molecule has 2 aromatic heterocycles. The third kappa shape index (κ3) is 5.20. The zero-order chi connectivity index (χ0) is 30.6. The van der Waals surface area contributed by atoms with Crippen molar-refractivity contribution >= 4 is 34.7 Å². The third-order valence-corrected chi connectivity index (χ3v) is 8.59. The highest BCUT2D eigenvalue weighted by molar-refractivity contribution is 6.08. The summed E-state index contributed by atoms with van der Waals surface area (Å²) >= 11 is 0. The summed E-state index contributed by atoms with van der Waals surface area (Å²) in [5.74, 6) is -1.80. The first-order valence-corrected chi connectivity index (χ1v) is 14.5. The van der Waals surface area contributed by atoms with Crippen molar-refractivity contribution in [1.29, 1.82) is 0 Å². The number of nitrogens with one attached hydrogen (secondary N) is 1. The van der Waals surface area contributed by atoms with Crippen LogP contribution in [-0.2, 0) is 4.79 Å². The van der Waals surface area contributed by atoms with Gasteiger partial charge < -0.3 is 20.0 Å². The molecule has 0 bridgehead atoms. The molecule has 2 aliphatic heterocycles. The number of halogens is 4. The molecule has 3 aliphatic rings. The maximum atomic E-state index is 14.6. The van der Waals surface area contributed by atoms with E-state index in [1.165, 1.54) is 10.7 Å². The lowest BCUT2D eigenvalue weighted by atomic mass is 10.0. The highest BCUT2D eigenvalue weighted by atomic mass is 19.1. The van der Waals surface area contributed by atoms with Crippen molar-refractivity contribution in [3.05, 3.63) is 83.7 Å². The zero-order valence-electron chi connectivity index (χ0n) is 23.6. The summed E-state index contributed by atoms with van der Waals surface area (Å²) in [6.45, 7) is 2.00. The van der Waals surface area contributed by atoms with Crippen LogP contribution in [0.2, 0.25) is 0 Å². The van der Waals surface area contributed by atoms with E-state index < -0.39 is 41.3 Å². The first kappa shape index (κ1) is 28.1. The Labute approximate surface area is 250 Å². The number of carbonyl (C=O) groups excluding carboxylic acids is 2. The van der Waals surface area contributed by atoms with E-state index in [0.717, 1.165) is 23.9 Å². The maximum Gasteiger partial charge on any atom is 0.261 e. The molecule has 4 aromatic rings. The Morgan fingerprint density at radius 2 is 1.73 bits per heavy atom. The fraction of sp³-hybridized carbons (Fsp3) is 0.355. The van der Waals surface area contributed by atoms with Crippen molar-refractivity contribution in [2.75, 3.05) is 47.8 Å². The van der Waals surface area contributed by atoms with E-state index in [0.29, 0.717) is 50.5 Å². The predicted molar refractivity (Wildman–Crippen MR) is 155 cm³/mol. The number of carbonyl (C=O) groups is 2. The van der Waals surface area contributed by atoms with Gasteiger partial charge in [0.15, 0.2) is 11.3 Å². The summed E-state index contributed by atoms with van der Waals surface area (Å²) in [7, 11) is 0. The first-order valence-electron chi connectivity index (χ1n) is 14.5. The molecule has 2 saturated heterocycles. The van der Waals surface area contributed by atoms with Crippen LogP contribution < -0.4 is 15.1 Å². The SMILES string of the molecule is O=C(Nc1ccc(N2CCN(C(=O)C3(F)CC3)CC2)cc1)c1cnn2ccc(N3C[C@@H](F)C[C@@H]3c3cc(F)ccc3F)nc12. The van der Waals surface area contributed by atoms with E-state index in [-0.39, 0.29) is 29.7 Å². The average molecular weight is 608 g/mol.